The van der Waals surface area contributed by atoms with Crippen LogP contribution in [-0.4, -0.2) is 26.8 Å². The first-order valence-electron chi connectivity index (χ1n) is 7.66. The van der Waals surface area contributed by atoms with Crippen LogP contribution in [-0.2, 0) is 19.6 Å². The number of rotatable bonds is 3. The number of aromatic nitrogens is 2. The summed E-state index contributed by atoms with van der Waals surface area (Å²) in [5.74, 6) is 0. The van der Waals surface area contributed by atoms with Crippen molar-refractivity contribution in [2.24, 2.45) is 0 Å². The molecule has 116 valence electrons. The minimum Gasteiger partial charge on any atom is -0.334 e. The highest BCUT2D eigenvalue weighted by atomic mass is 16.2. The Kier molecular flexibility index (Phi) is 3.88. The van der Waals surface area contributed by atoms with Crippen LogP contribution >= 0.6 is 0 Å². The summed E-state index contributed by atoms with van der Waals surface area (Å²) < 4.78 is 1.94. The minimum atomic E-state index is -0.00905. The average Bonchev–Trinajstić information content (AvgIpc) is 3.02. The predicted octanol–water partition coefficient (Wildman–Crippen LogP) is 2.61. The van der Waals surface area contributed by atoms with Crippen LogP contribution in [0.5, 0.6) is 0 Å². The van der Waals surface area contributed by atoms with Crippen LogP contribution in [0.25, 0.3) is 0 Å². The van der Waals surface area contributed by atoms with Gasteiger partial charge in [-0.15, -0.1) is 0 Å². The molecule has 1 aliphatic heterocycles. The van der Waals surface area contributed by atoms with Gasteiger partial charge in [0, 0.05) is 24.8 Å². The van der Waals surface area contributed by atoms with E-state index < -0.39 is 0 Å². The van der Waals surface area contributed by atoms with Gasteiger partial charge in [-0.05, 0) is 38.0 Å². The summed E-state index contributed by atoms with van der Waals surface area (Å²) in [5.41, 5.74) is 4.60. The standard InChI is InChI=1S/C17H22N4O/c1-12-8-14(3)21(19-12)9-13(2)18-17(22)20-10-15-6-4-5-7-16(15)11-20/h4-8,13H,9-11H2,1-3H3,(H,18,22)/t13-/m0/s1. The topological polar surface area (TPSA) is 50.2 Å². The van der Waals surface area contributed by atoms with Gasteiger partial charge in [-0.2, -0.15) is 5.10 Å². The molecule has 3 rings (SSSR count). The van der Waals surface area contributed by atoms with Crippen LogP contribution in [0.3, 0.4) is 0 Å². The molecule has 0 radical (unpaired) electrons. The summed E-state index contributed by atoms with van der Waals surface area (Å²) in [5, 5.41) is 7.51. The zero-order valence-electron chi connectivity index (χ0n) is 13.3. The molecule has 1 aromatic carbocycles. The lowest BCUT2D eigenvalue weighted by atomic mass is 10.1. The molecule has 5 heteroatoms. The third kappa shape index (κ3) is 2.98. The van der Waals surface area contributed by atoms with Crippen molar-refractivity contribution in [1.29, 1.82) is 0 Å². The van der Waals surface area contributed by atoms with E-state index in [1.54, 1.807) is 0 Å². The van der Waals surface area contributed by atoms with Gasteiger partial charge in [0.25, 0.3) is 0 Å². The van der Waals surface area contributed by atoms with Gasteiger partial charge in [-0.3, -0.25) is 4.68 Å². The summed E-state index contributed by atoms with van der Waals surface area (Å²) >= 11 is 0. The molecular formula is C17H22N4O. The second-order valence-electron chi connectivity index (χ2n) is 6.08. The fourth-order valence-electron chi connectivity index (χ4n) is 2.94. The lowest BCUT2D eigenvalue weighted by Gasteiger charge is -2.21. The van der Waals surface area contributed by atoms with Crippen LogP contribution in [0.4, 0.5) is 4.79 Å². The van der Waals surface area contributed by atoms with Crippen LogP contribution in [0.1, 0.15) is 29.4 Å². The fraction of sp³-hybridized carbons (Fsp3) is 0.412. The molecule has 1 atom stereocenters. The van der Waals surface area contributed by atoms with E-state index >= 15 is 0 Å². The second-order valence-corrected chi connectivity index (χ2v) is 6.08. The van der Waals surface area contributed by atoms with E-state index in [9.17, 15) is 4.79 Å². The molecule has 0 bridgehead atoms. The molecule has 22 heavy (non-hydrogen) atoms. The van der Waals surface area contributed by atoms with Gasteiger partial charge in [-0.1, -0.05) is 24.3 Å². The Morgan fingerprint density at radius 2 is 1.91 bits per heavy atom. The lowest BCUT2D eigenvalue weighted by Crippen LogP contribution is -2.43. The molecule has 0 saturated heterocycles. The van der Waals surface area contributed by atoms with E-state index in [2.05, 4.69) is 22.5 Å². The Labute approximate surface area is 130 Å². The monoisotopic (exact) mass is 298 g/mol. The van der Waals surface area contributed by atoms with Crippen molar-refractivity contribution in [2.75, 3.05) is 0 Å². The number of aryl methyl sites for hydroxylation is 2. The molecular weight excluding hydrogens is 276 g/mol. The Morgan fingerprint density at radius 3 is 2.45 bits per heavy atom. The predicted molar refractivity (Wildman–Crippen MR) is 85.4 cm³/mol. The van der Waals surface area contributed by atoms with Gasteiger partial charge in [0.05, 0.1) is 12.2 Å². The average molecular weight is 298 g/mol. The summed E-state index contributed by atoms with van der Waals surface area (Å²) in [6, 6.07) is 10.3. The van der Waals surface area contributed by atoms with Gasteiger partial charge >= 0.3 is 6.03 Å². The van der Waals surface area contributed by atoms with Crippen LogP contribution in [0, 0.1) is 13.8 Å². The molecule has 5 nitrogen and oxygen atoms in total. The zero-order chi connectivity index (χ0) is 15.7. The van der Waals surface area contributed by atoms with Gasteiger partial charge in [-0.25, -0.2) is 4.79 Å². The van der Waals surface area contributed by atoms with Crippen molar-refractivity contribution in [3.8, 4) is 0 Å². The first kappa shape index (κ1) is 14.6. The SMILES string of the molecule is Cc1cc(C)n(C[C@H](C)NC(=O)N2Cc3ccccc3C2)n1. The largest absolute Gasteiger partial charge is 0.334 e. The summed E-state index contributed by atoms with van der Waals surface area (Å²) in [7, 11) is 0. The van der Waals surface area contributed by atoms with E-state index in [-0.39, 0.29) is 12.1 Å². The molecule has 0 spiro atoms. The smallest absolute Gasteiger partial charge is 0.318 e. The van der Waals surface area contributed by atoms with Crippen molar-refractivity contribution in [3.05, 3.63) is 52.8 Å². The molecule has 0 unspecified atom stereocenters. The number of benzene rings is 1. The Morgan fingerprint density at radius 1 is 1.27 bits per heavy atom. The van der Waals surface area contributed by atoms with E-state index in [0.29, 0.717) is 19.6 Å². The van der Waals surface area contributed by atoms with Gasteiger partial charge in [0.2, 0.25) is 0 Å². The third-order valence-corrected chi connectivity index (χ3v) is 4.05. The first-order chi connectivity index (χ1) is 10.5. The van der Waals surface area contributed by atoms with Crippen molar-refractivity contribution in [3.63, 3.8) is 0 Å². The molecule has 0 saturated carbocycles. The number of hydrogen-bond donors (Lipinski definition) is 1. The highest BCUT2D eigenvalue weighted by molar-refractivity contribution is 5.75. The number of amides is 2. The van der Waals surface area contributed by atoms with Gasteiger partial charge in [0.15, 0.2) is 0 Å². The second kappa shape index (κ2) is 5.83. The number of carbonyl (C=O) groups is 1. The maximum absolute atomic E-state index is 12.4. The third-order valence-electron chi connectivity index (χ3n) is 4.05. The quantitative estimate of drug-likeness (QED) is 0.947. The highest BCUT2D eigenvalue weighted by Gasteiger charge is 2.23. The summed E-state index contributed by atoms with van der Waals surface area (Å²) in [6.45, 7) is 8.09. The molecule has 2 aromatic rings. The van der Waals surface area contributed by atoms with Gasteiger partial charge < -0.3 is 10.2 Å². The lowest BCUT2D eigenvalue weighted by molar-refractivity contribution is 0.193. The number of nitrogens with one attached hydrogen (secondary N) is 1. The number of fused-ring (bicyclic) bond motifs is 1. The zero-order valence-corrected chi connectivity index (χ0v) is 13.3. The fourth-order valence-corrected chi connectivity index (χ4v) is 2.94. The number of carbonyl (C=O) groups excluding carboxylic acids is 1. The van der Waals surface area contributed by atoms with Crippen molar-refractivity contribution >= 4 is 6.03 Å². The molecule has 0 fully saturated rings. The molecule has 0 aliphatic carbocycles. The highest BCUT2D eigenvalue weighted by Crippen LogP contribution is 2.22. The molecule has 2 amide bonds. The van der Waals surface area contributed by atoms with E-state index in [0.717, 1.165) is 11.4 Å². The summed E-state index contributed by atoms with van der Waals surface area (Å²) in [6.07, 6.45) is 0. The van der Waals surface area contributed by atoms with Crippen molar-refractivity contribution < 1.29 is 4.79 Å². The van der Waals surface area contributed by atoms with E-state index in [1.165, 1.54) is 11.1 Å². The first-order valence-corrected chi connectivity index (χ1v) is 7.66. The Hall–Kier alpha value is -2.30. The van der Waals surface area contributed by atoms with Crippen LogP contribution in [0.15, 0.2) is 30.3 Å². The minimum absolute atomic E-state index is 0.00905. The molecule has 1 aliphatic rings. The van der Waals surface area contributed by atoms with E-state index in [4.69, 9.17) is 0 Å². The molecule has 2 heterocycles. The maximum Gasteiger partial charge on any atom is 0.318 e. The summed E-state index contributed by atoms with van der Waals surface area (Å²) in [4.78, 5) is 14.2. The van der Waals surface area contributed by atoms with Gasteiger partial charge in [0.1, 0.15) is 0 Å². The number of hydrogen-bond acceptors (Lipinski definition) is 2. The number of nitrogens with zero attached hydrogens (tertiary/aromatic N) is 3. The normalized spacial score (nSPS) is 14.8. The van der Waals surface area contributed by atoms with Crippen molar-refractivity contribution in [2.45, 2.75) is 46.4 Å². The Bertz CT molecular complexity index is 667. The van der Waals surface area contributed by atoms with E-state index in [1.807, 2.05) is 48.6 Å². The number of urea groups is 1. The molecule has 1 aromatic heterocycles. The Balaban J connectivity index is 1.57. The maximum atomic E-state index is 12.4. The van der Waals surface area contributed by atoms with Crippen molar-refractivity contribution in [1.82, 2.24) is 20.0 Å². The molecule has 1 N–H and O–H groups in total. The van der Waals surface area contributed by atoms with Crippen LogP contribution in [0.2, 0.25) is 0 Å². The van der Waals surface area contributed by atoms with Crippen LogP contribution < -0.4 is 5.32 Å².